The van der Waals surface area contributed by atoms with Crippen molar-refractivity contribution >= 4 is 27.8 Å². The van der Waals surface area contributed by atoms with Gasteiger partial charge in [0.05, 0.1) is 30.9 Å². The van der Waals surface area contributed by atoms with E-state index in [-0.39, 0.29) is 5.91 Å². The van der Waals surface area contributed by atoms with E-state index < -0.39 is 11.7 Å². The summed E-state index contributed by atoms with van der Waals surface area (Å²) < 4.78 is 65.8. The number of carbonyl (C=O) groups excluding carboxylic acids is 1. The van der Waals surface area contributed by atoms with E-state index in [1.54, 1.807) is 17.8 Å². The van der Waals surface area contributed by atoms with Crippen LogP contribution in [0.15, 0.2) is 97.2 Å². The van der Waals surface area contributed by atoms with Gasteiger partial charge in [0.25, 0.3) is 5.91 Å². The lowest BCUT2D eigenvalue weighted by Gasteiger charge is -2.10. The van der Waals surface area contributed by atoms with E-state index in [9.17, 15) is 18.0 Å². The second kappa shape index (κ2) is 17.5. The summed E-state index contributed by atoms with van der Waals surface area (Å²) in [5.74, 6) is 2.11. The van der Waals surface area contributed by atoms with Crippen molar-refractivity contribution in [2.75, 3.05) is 39.6 Å². The summed E-state index contributed by atoms with van der Waals surface area (Å²) in [5.41, 5.74) is 2.89. The second-order valence-corrected chi connectivity index (χ2v) is 12.8. The number of unbranched alkanes of at least 4 members (excludes halogenated alkanes) is 3. The minimum Gasteiger partial charge on any atom is -0.491 e. The van der Waals surface area contributed by atoms with Crippen molar-refractivity contribution in [3.8, 4) is 22.9 Å². The van der Waals surface area contributed by atoms with Crippen LogP contribution in [0.3, 0.4) is 0 Å². The van der Waals surface area contributed by atoms with Crippen LogP contribution in [-0.4, -0.2) is 59.8 Å². The molecule has 0 spiro atoms. The zero-order chi connectivity index (χ0) is 37.2. The number of aryl methyl sites for hydroxylation is 2. The molecule has 1 N–H and O–H groups in total. The molecule has 2 heterocycles. The lowest BCUT2D eigenvalue weighted by Crippen LogP contribution is -2.24. The molecule has 0 fully saturated rings. The molecular formula is C41H43F3N4O5. The third kappa shape index (κ3) is 9.97. The number of benzene rings is 4. The van der Waals surface area contributed by atoms with Gasteiger partial charge in [-0.05, 0) is 98.6 Å². The van der Waals surface area contributed by atoms with E-state index in [0.29, 0.717) is 56.5 Å². The Hall–Kier alpha value is -5.33. The number of nitrogens with one attached hydrogen (secondary N) is 1. The summed E-state index contributed by atoms with van der Waals surface area (Å²) in [6, 6.07) is 25.7. The van der Waals surface area contributed by atoms with Crippen molar-refractivity contribution < 1.29 is 36.9 Å². The number of fused-ring (bicyclic) bond motifs is 3. The Morgan fingerprint density at radius 1 is 0.736 bits per heavy atom. The Kier molecular flexibility index (Phi) is 12.3. The fraction of sp³-hybridized carbons (Fsp3) is 0.317. The molecule has 0 atom stereocenters. The second-order valence-electron chi connectivity index (χ2n) is 12.8. The molecule has 4 aromatic carbocycles. The molecule has 0 aliphatic heterocycles. The first kappa shape index (κ1) is 37.4. The number of aromatic nitrogens is 3. The van der Waals surface area contributed by atoms with Crippen LogP contribution in [0.4, 0.5) is 13.2 Å². The largest absolute Gasteiger partial charge is 0.491 e. The summed E-state index contributed by atoms with van der Waals surface area (Å²) in [5, 5.41) is 9.15. The number of alkyl halides is 3. The molecule has 6 aromatic rings. The summed E-state index contributed by atoms with van der Waals surface area (Å²) in [6.45, 7) is 5.16. The van der Waals surface area contributed by atoms with Crippen molar-refractivity contribution in [2.45, 2.75) is 38.8 Å². The molecule has 1 amide bonds. The number of carbonyl (C=O) groups is 1. The van der Waals surface area contributed by atoms with Gasteiger partial charge in [-0.15, -0.1) is 0 Å². The molecule has 0 bridgehead atoms. The van der Waals surface area contributed by atoms with Crippen LogP contribution in [0.5, 0.6) is 17.2 Å². The zero-order valence-electron chi connectivity index (χ0n) is 29.8. The van der Waals surface area contributed by atoms with Gasteiger partial charge < -0.3 is 24.3 Å². The molecule has 53 heavy (non-hydrogen) atoms. The van der Waals surface area contributed by atoms with Crippen molar-refractivity contribution in [1.29, 1.82) is 0 Å². The molecule has 0 aliphatic rings. The Balaban J connectivity index is 0.833. The molecule has 278 valence electrons. The number of halogens is 3. The number of hydrogen-bond donors (Lipinski definition) is 1. The fourth-order valence-corrected chi connectivity index (χ4v) is 5.97. The number of ether oxygens (including phenoxy) is 4. The molecule has 0 aliphatic carbocycles. The molecule has 6 rings (SSSR count). The summed E-state index contributed by atoms with van der Waals surface area (Å²) in [4.78, 5) is 13.0. The maximum absolute atomic E-state index is 13.1. The summed E-state index contributed by atoms with van der Waals surface area (Å²) >= 11 is 0. The van der Waals surface area contributed by atoms with Crippen molar-refractivity contribution in [1.82, 2.24) is 19.7 Å². The SMILES string of the molecule is Cc1ccc(Oc2ccc(OCCOCCOCCCCCCNC(=O)c3ccc4c(c3)c3cn(C)nc3n4-c3ccc(C(F)(F)F)cc3)cc2)cc1. The Morgan fingerprint density at radius 3 is 2.09 bits per heavy atom. The van der Waals surface area contributed by atoms with E-state index in [2.05, 4.69) is 10.4 Å². The molecule has 0 radical (unpaired) electrons. The van der Waals surface area contributed by atoms with Gasteiger partial charge in [-0.25, -0.2) is 0 Å². The average molecular weight is 729 g/mol. The van der Waals surface area contributed by atoms with E-state index in [4.69, 9.17) is 18.9 Å². The molecule has 0 unspecified atom stereocenters. The Bertz CT molecular complexity index is 2090. The van der Waals surface area contributed by atoms with Gasteiger partial charge in [0, 0.05) is 48.4 Å². The highest BCUT2D eigenvalue weighted by Gasteiger charge is 2.30. The monoisotopic (exact) mass is 728 g/mol. The van der Waals surface area contributed by atoms with Crippen molar-refractivity contribution in [2.24, 2.45) is 7.05 Å². The van der Waals surface area contributed by atoms with Gasteiger partial charge in [-0.3, -0.25) is 14.0 Å². The summed E-state index contributed by atoms with van der Waals surface area (Å²) in [7, 11) is 1.78. The van der Waals surface area contributed by atoms with Crippen LogP contribution in [0, 0.1) is 6.92 Å². The maximum atomic E-state index is 13.1. The van der Waals surface area contributed by atoms with Gasteiger partial charge in [-0.2, -0.15) is 18.3 Å². The van der Waals surface area contributed by atoms with Gasteiger partial charge in [0.1, 0.15) is 23.9 Å². The van der Waals surface area contributed by atoms with Crippen molar-refractivity contribution in [3.63, 3.8) is 0 Å². The van der Waals surface area contributed by atoms with Crippen LogP contribution in [0.1, 0.15) is 47.2 Å². The summed E-state index contributed by atoms with van der Waals surface area (Å²) in [6.07, 6.45) is 1.14. The van der Waals surface area contributed by atoms with Crippen LogP contribution in [0.2, 0.25) is 0 Å². The number of hydrogen-bond acceptors (Lipinski definition) is 6. The molecule has 0 saturated heterocycles. The average Bonchev–Trinajstić information content (AvgIpc) is 3.67. The van der Waals surface area contributed by atoms with Crippen molar-refractivity contribution in [3.05, 3.63) is 114 Å². The lowest BCUT2D eigenvalue weighted by molar-refractivity contribution is -0.137. The predicted octanol–water partition coefficient (Wildman–Crippen LogP) is 9.04. The number of rotatable bonds is 18. The third-order valence-corrected chi connectivity index (χ3v) is 8.71. The van der Waals surface area contributed by atoms with Gasteiger partial charge in [-0.1, -0.05) is 30.5 Å². The first-order valence-corrected chi connectivity index (χ1v) is 17.7. The number of nitrogens with zero attached hydrogens (tertiary/aromatic N) is 3. The fourth-order valence-electron chi connectivity index (χ4n) is 5.97. The standard InChI is InChI=1S/C41H43F3N4O5/c1-29-7-14-34(15-8-29)53-35-18-16-33(17-19-35)52-26-25-51-24-23-50-22-6-4-3-5-21-45-40(49)30-9-20-38-36(27-30)37-28-47(2)46-39(37)48(38)32-12-10-31(11-13-32)41(42,43)44/h7-20,27-28H,3-6,21-26H2,1-2H3,(H,45,49). The Morgan fingerprint density at radius 2 is 1.38 bits per heavy atom. The van der Waals surface area contributed by atoms with Crippen LogP contribution >= 0.6 is 0 Å². The van der Waals surface area contributed by atoms with E-state index >= 15 is 0 Å². The first-order valence-electron chi connectivity index (χ1n) is 17.7. The minimum absolute atomic E-state index is 0.179. The van der Waals surface area contributed by atoms with Gasteiger partial charge in [0.2, 0.25) is 0 Å². The predicted molar refractivity (Wildman–Crippen MR) is 198 cm³/mol. The Labute approximate surface area is 306 Å². The van der Waals surface area contributed by atoms with E-state index in [1.807, 2.05) is 78.4 Å². The first-order chi connectivity index (χ1) is 25.7. The van der Waals surface area contributed by atoms with Crippen LogP contribution in [0.25, 0.3) is 27.6 Å². The van der Waals surface area contributed by atoms with Gasteiger partial charge >= 0.3 is 6.18 Å². The van der Waals surface area contributed by atoms with Gasteiger partial charge in [0.15, 0.2) is 5.65 Å². The van der Waals surface area contributed by atoms with Crippen LogP contribution in [-0.2, 0) is 22.7 Å². The quantitative estimate of drug-likeness (QED) is 0.0889. The molecular weight excluding hydrogens is 685 g/mol. The minimum atomic E-state index is -4.42. The van der Waals surface area contributed by atoms with Crippen LogP contribution < -0.4 is 14.8 Å². The number of amides is 1. The maximum Gasteiger partial charge on any atom is 0.416 e. The highest BCUT2D eigenvalue weighted by Crippen LogP contribution is 2.34. The highest BCUT2D eigenvalue weighted by molar-refractivity contribution is 6.10. The molecule has 12 heteroatoms. The normalized spacial score (nSPS) is 11.7. The molecule has 2 aromatic heterocycles. The van der Waals surface area contributed by atoms with E-state index in [1.165, 1.54) is 17.7 Å². The smallest absolute Gasteiger partial charge is 0.416 e. The van der Waals surface area contributed by atoms with E-state index in [0.717, 1.165) is 71.4 Å². The highest BCUT2D eigenvalue weighted by atomic mass is 19.4. The lowest BCUT2D eigenvalue weighted by atomic mass is 10.1. The molecule has 9 nitrogen and oxygen atoms in total. The molecule has 0 saturated carbocycles. The third-order valence-electron chi connectivity index (χ3n) is 8.71. The zero-order valence-corrected chi connectivity index (χ0v) is 29.8. The topological polar surface area (TPSA) is 88.8 Å².